The lowest BCUT2D eigenvalue weighted by molar-refractivity contribution is 0.390. The summed E-state index contributed by atoms with van der Waals surface area (Å²) in [6.07, 6.45) is 3.43. The summed E-state index contributed by atoms with van der Waals surface area (Å²) in [6.45, 7) is 1.66. The molecule has 1 atom stereocenters. The normalized spacial score (nSPS) is 12.5. The van der Waals surface area contributed by atoms with Crippen molar-refractivity contribution in [2.75, 3.05) is 14.2 Å². The lowest BCUT2D eigenvalue weighted by Gasteiger charge is -2.18. The molecule has 11 heteroatoms. The Bertz CT molecular complexity index is 1350. The zero-order chi connectivity index (χ0) is 24.3. The van der Waals surface area contributed by atoms with Crippen molar-refractivity contribution in [1.29, 1.82) is 0 Å². The molecule has 0 aliphatic carbocycles. The van der Waals surface area contributed by atoms with Crippen molar-refractivity contribution in [1.82, 2.24) is 19.7 Å². The number of aromatic nitrogens is 4. The van der Waals surface area contributed by atoms with Gasteiger partial charge >= 0.3 is 0 Å². The smallest absolute Gasteiger partial charge is 0.204 e. The van der Waals surface area contributed by atoms with Gasteiger partial charge in [0, 0.05) is 22.8 Å². The van der Waals surface area contributed by atoms with Crippen LogP contribution in [0.15, 0.2) is 63.8 Å². The second-order valence-corrected chi connectivity index (χ2v) is 10.9. The number of furan rings is 1. The number of para-hydroxylation sites is 1. The summed E-state index contributed by atoms with van der Waals surface area (Å²) in [7, 11) is -0.581. The first kappa shape index (κ1) is 24.0. The molecule has 4 rings (SSSR count). The largest absolute Gasteiger partial charge is 0.494 e. The fraction of sp³-hybridized carbons (Fsp3) is 0.261. The van der Waals surface area contributed by atoms with Crippen LogP contribution in [0.4, 0.5) is 0 Å². The van der Waals surface area contributed by atoms with E-state index in [1.165, 1.54) is 20.5 Å². The van der Waals surface area contributed by atoms with E-state index in [-0.39, 0.29) is 18.0 Å². The maximum atomic E-state index is 13.4. The Morgan fingerprint density at radius 3 is 2.38 bits per heavy atom. The Morgan fingerprint density at radius 1 is 1.06 bits per heavy atom. The third-order valence-electron chi connectivity index (χ3n) is 5.33. The summed E-state index contributed by atoms with van der Waals surface area (Å²) < 4.78 is 45.8. The van der Waals surface area contributed by atoms with E-state index in [1.807, 2.05) is 6.07 Å². The average molecular weight is 547 g/mol. The van der Waals surface area contributed by atoms with Gasteiger partial charge in [0.15, 0.2) is 21.4 Å². The van der Waals surface area contributed by atoms with Gasteiger partial charge in [-0.25, -0.2) is 8.42 Å². The zero-order valence-corrected chi connectivity index (χ0v) is 21.2. The number of hydrogen-bond donors (Lipinski definition) is 0. The Hall–Kier alpha value is -3.18. The number of pyridine rings is 1. The topological polar surface area (TPSA) is 109 Å². The Labute approximate surface area is 205 Å². The minimum absolute atomic E-state index is 0.213. The predicted molar refractivity (Wildman–Crippen MR) is 130 cm³/mol. The molecule has 0 aliphatic heterocycles. The molecule has 3 heterocycles. The van der Waals surface area contributed by atoms with Gasteiger partial charge in [-0.15, -0.1) is 10.2 Å². The number of benzene rings is 1. The molecule has 4 aromatic rings. The fourth-order valence-electron chi connectivity index (χ4n) is 3.53. The van der Waals surface area contributed by atoms with Crippen LogP contribution in [0.1, 0.15) is 18.4 Å². The molecule has 0 N–H and O–H groups in total. The predicted octanol–water partition coefficient (Wildman–Crippen LogP) is 4.25. The van der Waals surface area contributed by atoms with Crippen molar-refractivity contribution < 1.29 is 22.3 Å². The van der Waals surface area contributed by atoms with Crippen LogP contribution in [0, 0.1) is 0 Å². The molecule has 0 radical (unpaired) electrons. The highest BCUT2D eigenvalue weighted by molar-refractivity contribution is 9.10. The number of methoxy groups -OCH3 is 2. The summed E-state index contributed by atoms with van der Waals surface area (Å²) >= 11 is 3.34. The van der Waals surface area contributed by atoms with E-state index >= 15 is 0 Å². The number of ether oxygens (including phenoxy) is 2. The molecule has 0 saturated carbocycles. The Kier molecular flexibility index (Phi) is 7.03. The van der Waals surface area contributed by atoms with Gasteiger partial charge in [-0.2, -0.15) is 0 Å². The maximum absolute atomic E-state index is 13.4. The highest BCUT2D eigenvalue weighted by Gasteiger charge is 2.29. The molecule has 0 aliphatic rings. The number of halogens is 1. The molecule has 178 valence electrons. The first-order valence-electron chi connectivity index (χ1n) is 10.4. The van der Waals surface area contributed by atoms with Gasteiger partial charge in [0.1, 0.15) is 22.9 Å². The van der Waals surface area contributed by atoms with Crippen LogP contribution in [0.5, 0.6) is 11.5 Å². The third-order valence-corrected chi connectivity index (χ3v) is 7.85. The van der Waals surface area contributed by atoms with Crippen LogP contribution in [0.2, 0.25) is 0 Å². The highest BCUT2D eigenvalue weighted by atomic mass is 79.9. The molecule has 3 aromatic heterocycles. The fourth-order valence-corrected chi connectivity index (χ4v) is 5.02. The highest BCUT2D eigenvalue weighted by Crippen LogP contribution is 2.36. The lowest BCUT2D eigenvalue weighted by atomic mass is 10.2. The van der Waals surface area contributed by atoms with Crippen molar-refractivity contribution in [2.45, 2.75) is 24.3 Å². The van der Waals surface area contributed by atoms with Crippen LogP contribution >= 0.6 is 15.9 Å². The Morgan fingerprint density at radius 2 is 1.79 bits per heavy atom. The monoisotopic (exact) mass is 546 g/mol. The van der Waals surface area contributed by atoms with E-state index in [2.05, 4.69) is 31.1 Å². The van der Waals surface area contributed by atoms with Gasteiger partial charge in [-0.3, -0.25) is 9.55 Å². The van der Waals surface area contributed by atoms with E-state index in [9.17, 15) is 8.42 Å². The van der Waals surface area contributed by atoms with Crippen LogP contribution in [0.25, 0.3) is 17.3 Å². The van der Waals surface area contributed by atoms with Crippen LogP contribution in [-0.4, -0.2) is 47.6 Å². The average Bonchev–Trinajstić information content (AvgIpc) is 3.49. The standard InChI is InChI=1S/C23H23BrN4O5S/c1-15(12-17-10-9-16(24)13-25-17)34(29,30)14-21-26-27-23(20-8-5-11-33-20)28(21)22-18(31-2)6-4-7-19(22)32-3/h4-11,13,15H,12,14H2,1-3H3/t15-/m1/s1. The van der Waals surface area contributed by atoms with Crippen molar-refractivity contribution >= 4 is 25.8 Å². The minimum atomic E-state index is -3.63. The maximum Gasteiger partial charge on any atom is 0.204 e. The van der Waals surface area contributed by atoms with Crippen molar-refractivity contribution in [3.63, 3.8) is 0 Å². The summed E-state index contributed by atoms with van der Waals surface area (Å²) in [5.74, 6) is 1.57. The number of hydrogen-bond acceptors (Lipinski definition) is 8. The van der Waals surface area contributed by atoms with E-state index in [0.29, 0.717) is 34.5 Å². The minimum Gasteiger partial charge on any atom is -0.494 e. The molecule has 0 fully saturated rings. The summed E-state index contributed by atoms with van der Waals surface area (Å²) in [5.41, 5.74) is 1.17. The second-order valence-electron chi connectivity index (χ2n) is 7.55. The molecule has 0 spiro atoms. The molecular formula is C23H23BrN4O5S. The third kappa shape index (κ3) is 4.85. The number of nitrogens with zero attached hydrogens (tertiary/aromatic N) is 4. The molecule has 0 unspecified atom stereocenters. The van der Waals surface area contributed by atoms with Crippen molar-refractivity contribution in [3.05, 3.63) is 70.9 Å². The van der Waals surface area contributed by atoms with Crippen molar-refractivity contribution in [3.8, 4) is 28.8 Å². The van der Waals surface area contributed by atoms with Crippen LogP contribution < -0.4 is 9.47 Å². The SMILES string of the molecule is COc1cccc(OC)c1-n1c(CS(=O)(=O)[C@H](C)Cc2ccc(Br)cn2)nnc1-c1ccco1. The van der Waals surface area contributed by atoms with Gasteiger partial charge < -0.3 is 13.9 Å². The van der Waals surface area contributed by atoms with Gasteiger partial charge in [0.05, 0.1) is 25.7 Å². The molecule has 1 aromatic carbocycles. The van der Waals surface area contributed by atoms with Gasteiger partial charge in [0.25, 0.3) is 0 Å². The quantitative estimate of drug-likeness (QED) is 0.306. The van der Waals surface area contributed by atoms with Crippen LogP contribution in [-0.2, 0) is 22.0 Å². The van der Waals surface area contributed by atoms with Crippen LogP contribution in [0.3, 0.4) is 0 Å². The summed E-state index contributed by atoms with van der Waals surface area (Å²) in [4.78, 5) is 4.30. The zero-order valence-electron chi connectivity index (χ0n) is 18.8. The number of sulfone groups is 1. The number of rotatable bonds is 9. The van der Waals surface area contributed by atoms with Gasteiger partial charge in [-0.05, 0) is 59.3 Å². The molecule has 0 amide bonds. The van der Waals surface area contributed by atoms with Crippen molar-refractivity contribution in [2.24, 2.45) is 0 Å². The Balaban J connectivity index is 1.77. The first-order chi connectivity index (χ1) is 16.3. The van der Waals surface area contributed by atoms with E-state index in [4.69, 9.17) is 13.9 Å². The summed E-state index contributed by atoms with van der Waals surface area (Å²) in [5, 5.41) is 7.78. The van der Waals surface area contributed by atoms with E-state index in [0.717, 1.165) is 4.47 Å². The molecule has 34 heavy (non-hydrogen) atoms. The summed E-state index contributed by atoms with van der Waals surface area (Å²) in [6, 6.07) is 12.4. The van der Waals surface area contributed by atoms with Gasteiger partial charge in [-0.1, -0.05) is 6.07 Å². The second kappa shape index (κ2) is 9.98. The lowest BCUT2D eigenvalue weighted by Crippen LogP contribution is -2.24. The molecule has 9 nitrogen and oxygen atoms in total. The molecule has 0 bridgehead atoms. The van der Waals surface area contributed by atoms with E-state index in [1.54, 1.807) is 54.1 Å². The first-order valence-corrected chi connectivity index (χ1v) is 12.9. The van der Waals surface area contributed by atoms with Gasteiger partial charge in [0.2, 0.25) is 5.82 Å². The molecule has 0 saturated heterocycles. The molecular weight excluding hydrogens is 524 g/mol. The van der Waals surface area contributed by atoms with E-state index < -0.39 is 15.1 Å².